The minimum Gasteiger partial charge on any atom is -0.497 e. The van der Waals surface area contributed by atoms with E-state index in [9.17, 15) is 9.59 Å². The third-order valence-corrected chi connectivity index (χ3v) is 7.74. The summed E-state index contributed by atoms with van der Waals surface area (Å²) in [6.07, 6.45) is 1.46. The number of benzene rings is 3. The number of pyridine rings is 1. The van der Waals surface area contributed by atoms with Crippen molar-refractivity contribution in [3.8, 4) is 11.5 Å². The average molecular weight is 553 g/mol. The number of hydrogen-bond donors (Lipinski definition) is 0. The fourth-order valence-corrected chi connectivity index (χ4v) is 5.55. The molecule has 0 saturated heterocycles. The van der Waals surface area contributed by atoms with Gasteiger partial charge in [-0.3, -0.25) is 9.59 Å². The average Bonchev–Trinajstić information content (AvgIpc) is 3.01. The first-order valence-corrected chi connectivity index (χ1v) is 14.1. The molecule has 1 aromatic heterocycles. The van der Waals surface area contributed by atoms with Crippen molar-refractivity contribution in [2.75, 3.05) is 25.7 Å². The number of hydrogen-bond acceptors (Lipinski definition) is 7. The Labute approximate surface area is 241 Å². The summed E-state index contributed by atoms with van der Waals surface area (Å²) in [6, 6.07) is 26.4. The predicted molar refractivity (Wildman–Crippen MR) is 159 cm³/mol. The van der Waals surface area contributed by atoms with Gasteiger partial charge in [0.05, 0.1) is 26.5 Å². The lowest BCUT2D eigenvalue weighted by molar-refractivity contribution is -0.153. The van der Waals surface area contributed by atoms with Crippen LogP contribution in [-0.4, -0.2) is 37.6 Å². The van der Waals surface area contributed by atoms with Crippen LogP contribution >= 0.6 is 0 Å². The van der Waals surface area contributed by atoms with Crippen molar-refractivity contribution in [3.63, 3.8) is 0 Å². The molecule has 0 radical (unpaired) electrons. The number of methoxy groups -OCH3 is 2. The summed E-state index contributed by atoms with van der Waals surface area (Å²) < 4.78 is 15.9. The third-order valence-electron chi connectivity index (χ3n) is 7.74. The summed E-state index contributed by atoms with van der Waals surface area (Å²) in [5.41, 5.74) is 3.16. The molecule has 212 valence electrons. The Kier molecular flexibility index (Phi) is 8.82. The Hall–Kier alpha value is -4.39. The smallest absolute Gasteiger partial charge is 0.316 e. The van der Waals surface area contributed by atoms with Gasteiger partial charge in [0.1, 0.15) is 29.0 Å². The number of carbonyl (C=O) groups excluding carboxylic acids is 2. The summed E-state index contributed by atoms with van der Waals surface area (Å²) in [4.78, 5) is 32.9. The van der Waals surface area contributed by atoms with Crippen LogP contribution in [0.4, 0.5) is 5.82 Å². The first-order chi connectivity index (χ1) is 20.0. The maximum atomic E-state index is 13.1. The van der Waals surface area contributed by atoms with Gasteiger partial charge in [0.25, 0.3) is 0 Å². The van der Waals surface area contributed by atoms with Crippen molar-refractivity contribution < 1.29 is 23.8 Å². The summed E-state index contributed by atoms with van der Waals surface area (Å²) in [7, 11) is 3.33. The van der Waals surface area contributed by atoms with Gasteiger partial charge in [0.15, 0.2) is 0 Å². The molecule has 1 aliphatic rings. The molecule has 0 aliphatic heterocycles. The van der Waals surface area contributed by atoms with Crippen LogP contribution in [0, 0.1) is 5.92 Å². The van der Waals surface area contributed by atoms with Gasteiger partial charge in [-0.25, -0.2) is 4.98 Å². The van der Waals surface area contributed by atoms with Gasteiger partial charge < -0.3 is 19.1 Å². The van der Waals surface area contributed by atoms with Gasteiger partial charge in [-0.1, -0.05) is 48.5 Å². The second-order valence-electron chi connectivity index (χ2n) is 10.4. The van der Waals surface area contributed by atoms with E-state index in [1.807, 2.05) is 36.4 Å². The summed E-state index contributed by atoms with van der Waals surface area (Å²) in [5.74, 6) is 1.24. The van der Waals surface area contributed by atoms with Crippen LogP contribution in [0.15, 0.2) is 78.9 Å². The molecule has 0 amide bonds. The van der Waals surface area contributed by atoms with Crippen LogP contribution < -0.4 is 14.4 Å². The molecule has 0 N–H and O–H groups in total. The number of nitrogens with zero attached hydrogens (tertiary/aromatic N) is 2. The zero-order chi connectivity index (χ0) is 28.8. The fraction of sp³-hybridized carbons (Fsp3) is 0.324. The van der Waals surface area contributed by atoms with Gasteiger partial charge in [0.2, 0.25) is 0 Å². The molecular weight excluding hydrogens is 516 g/mol. The molecule has 41 heavy (non-hydrogen) atoms. The Morgan fingerprint density at radius 2 is 1.49 bits per heavy atom. The lowest BCUT2D eigenvalue weighted by Gasteiger charge is -2.29. The number of esters is 1. The van der Waals surface area contributed by atoms with Crippen molar-refractivity contribution in [1.29, 1.82) is 0 Å². The first-order valence-electron chi connectivity index (χ1n) is 14.1. The minimum absolute atomic E-state index is 0.0655. The second-order valence-corrected chi connectivity index (χ2v) is 10.4. The number of rotatable bonds is 10. The number of fused-ring (bicyclic) bond motifs is 1. The molecule has 7 nitrogen and oxygen atoms in total. The molecule has 7 heteroatoms. The predicted octanol–water partition coefficient (Wildman–Crippen LogP) is 6.47. The van der Waals surface area contributed by atoms with Gasteiger partial charge >= 0.3 is 5.97 Å². The molecule has 2 unspecified atom stereocenters. The van der Waals surface area contributed by atoms with Crippen LogP contribution in [0.2, 0.25) is 0 Å². The lowest BCUT2D eigenvalue weighted by Crippen LogP contribution is -2.32. The van der Waals surface area contributed by atoms with E-state index in [4.69, 9.17) is 19.2 Å². The van der Waals surface area contributed by atoms with E-state index < -0.39 is 11.9 Å². The van der Waals surface area contributed by atoms with Crippen LogP contribution in [0.5, 0.6) is 11.5 Å². The number of anilines is 1. The molecule has 0 spiro atoms. The van der Waals surface area contributed by atoms with E-state index in [2.05, 4.69) is 47.4 Å². The van der Waals surface area contributed by atoms with E-state index >= 15 is 0 Å². The maximum absolute atomic E-state index is 13.1. The van der Waals surface area contributed by atoms with E-state index in [1.54, 1.807) is 21.1 Å². The summed E-state index contributed by atoms with van der Waals surface area (Å²) in [5, 5.41) is 2.11. The minimum atomic E-state index is -0.678. The molecule has 1 fully saturated rings. The third kappa shape index (κ3) is 6.51. The fourth-order valence-electron chi connectivity index (χ4n) is 5.55. The standard InChI is InChI=1S/C34H36N2O5/c1-4-41-34(38)30-18-13-26(19-31(30)37)33-29-8-6-5-7-25(29)20-32(35-33)36(21-23-9-14-27(39-2)15-10-23)22-24-11-16-28(40-3)17-12-24/h5-12,14-17,20,26,30H,4,13,18-19,21-22H2,1-3H3. The highest BCUT2D eigenvalue weighted by Crippen LogP contribution is 2.38. The van der Waals surface area contributed by atoms with Gasteiger partial charge in [-0.05, 0) is 66.6 Å². The topological polar surface area (TPSA) is 78.0 Å². The van der Waals surface area contributed by atoms with Crippen molar-refractivity contribution in [2.24, 2.45) is 5.92 Å². The molecule has 0 bridgehead atoms. The maximum Gasteiger partial charge on any atom is 0.316 e. The van der Waals surface area contributed by atoms with Crippen molar-refractivity contribution in [3.05, 3.63) is 95.7 Å². The quantitative estimate of drug-likeness (QED) is 0.165. The van der Waals surface area contributed by atoms with Gasteiger partial charge in [0, 0.05) is 30.8 Å². The second kappa shape index (κ2) is 12.9. The molecule has 5 rings (SSSR count). The van der Waals surface area contributed by atoms with Crippen molar-refractivity contribution >= 4 is 28.3 Å². The summed E-state index contributed by atoms with van der Waals surface area (Å²) in [6.45, 7) is 3.31. The largest absolute Gasteiger partial charge is 0.497 e. The lowest BCUT2D eigenvalue weighted by atomic mass is 9.78. The zero-order valence-corrected chi connectivity index (χ0v) is 23.8. The number of ketones is 1. The van der Waals surface area contributed by atoms with Crippen LogP contribution in [-0.2, 0) is 27.4 Å². The molecule has 2 atom stereocenters. The van der Waals surface area contributed by atoms with Crippen LogP contribution in [0.1, 0.15) is 48.9 Å². The first kappa shape index (κ1) is 28.1. The van der Waals surface area contributed by atoms with Gasteiger partial charge in [-0.2, -0.15) is 0 Å². The van der Waals surface area contributed by atoms with Crippen LogP contribution in [0.3, 0.4) is 0 Å². The highest BCUT2D eigenvalue weighted by atomic mass is 16.5. The van der Waals surface area contributed by atoms with E-state index in [0.717, 1.165) is 44.9 Å². The number of aromatic nitrogens is 1. The molecule has 1 heterocycles. The summed E-state index contributed by atoms with van der Waals surface area (Å²) >= 11 is 0. The Morgan fingerprint density at radius 1 is 0.878 bits per heavy atom. The van der Waals surface area contributed by atoms with E-state index in [0.29, 0.717) is 25.9 Å². The molecule has 3 aromatic carbocycles. The monoisotopic (exact) mass is 552 g/mol. The molecule has 4 aromatic rings. The molecule has 1 aliphatic carbocycles. The SMILES string of the molecule is CCOC(=O)C1CCC(c2nc(N(Cc3ccc(OC)cc3)Cc3ccc(OC)cc3)cc3ccccc23)CC1=O. The highest BCUT2D eigenvalue weighted by molar-refractivity contribution is 6.00. The number of ether oxygens (including phenoxy) is 3. The normalized spacial score (nSPS) is 16.8. The van der Waals surface area contributed by atoms with Crippen LogP contribution in [0.25, 0.3) is 10.8 Å². The van der Waals surface area contributed by atoms with E-state index in [1.165, 1.54) is 0 Å². The van der Waals surface area contributed by atoms with Crippen molar-refractivity contribution in [2.45, 2.75) is 45.2 Å². The van der Waals surface area contributed by atoms with Gasteiger partial charge in [-0.15, -0.1) is 0 Å². The zero-order valence-electron chi connectivity index (χ0n) is 23.8. The Balaban J connectivity index is 1.51. The molecular formula is C34H36N2O5. The number of Topliss-reactive ketones (excluding diaryl/α,β-unsaturated/α-hetero) is 1. The molecule has 1 saturated carbocycles. The highest BCUT2D eigenvalue weighted by Gasteiger charge is 2.36. The Bertz CT molecular complexity index is 1450. The van der Waals surface area contributed by atoms with E-state index in [-0.39, 0.29) is 24.7 Å². The Morgan fingerprint density at radius 3 is 2.05 bits per heavy atom. The number of carbonyl (C=O) groups is 2. The van der Waals surface area contributed by atoms with Crippen molar-refractivity contribution in [1.82, 2.24) is 4.98 Å².